The third kappa shape index (κ3) is 5.58. The first-order valence-electron chi connectivity index (χ1n) is 9.40. The van der Waals surface area contributed by atoms with Crippen molar-refractivity contribution in [2.75, 3.05) is 41.8 Å². The summed E-state index contributed by atoms with van der Waals surface area (Å²) in [4.78, 5) is 22.9. The number of morpholine rings is 1. The van der Waals surface area contributed by atoms with E-state index in [2.05, 4.69) is 15.3 Å². The summed E-state index contributed by atoms with van der Waals surface area (Å²) < 4.78 is 83.2. The zero-order valence-electron chi connectivity index (χ0n) is 17.0. The van der Waals surface area contributed by atoms with Crippen LogP contribution in [0, 0.1) is 13.8 Å². The zero-order valence-corrected chi connectivity index (χ0v) is 17.0. The molecule has 1 aromatic heterocycles. The molecule has 13 heteroatoms. The molecule has 2 aromatic rings. The van der Waals surface area contributed by atoms with E-state index >= 15 is 0 Å². The number of urea groups is 1. The highest BCUT2D eigenvalue weighted by atomic mass is 19.4. The van der Waals surface area contributed by atoms with Crippen molar-refractivity contribution in [3.63, 3.8) is 0 Å². The Kier molecular flexibility index (Phi) is 6.49. The molecule has 0 saturated carbocycles. The van der Waals surface area contributed by atoms with Gasteiger partial charge in [-0.3, -0.25) is 0 Å². The highest BCUT2D eigenvalue weighted by Gasteiger charge is 2.37. The van der Waals surface area contributed by atoms with E-state index in [4.69, 9.17) is 4.74 Å². The van der Waals surface area contributed by atoms with Crippen LogP contribution in [-0.2, 0) is 17.1 Å². The van der Waals surface area contributed by atoms with E-state index in [-0.39, 0.29) is 11.8 Å². The second kappa shape index (κ2) is 8.81. The quantitative estimate of drug-likeness (QED) is 0.650. The Morgan fingerprint density at radius 3 is 1.88 bits per heavy atom. The molecule has 0 bridgehead atoms. The van der Waals surface area contributed by atoms with Gasteiger partial charge in [-0.1, -0.05) is 0 Å². The summed E-state index contributed by atoms with van der Waals surface area (Å²) in [6.45, 7) is 5.40. The van der Waals surface area contributed by atoms with Crippen molar-refractivity contribution >= 4 is 23.4 Å². The lowest BCUT2D eigenvalue weighted by Gasteiger charge is -2.27. The first-order valence-corrected chi connectivity index (χ1v) is 9.40. The lowest BCUT2D eigenvalue weighted by atomic mass is 10.1. The molecular formula is C19H19F6N5O2. The molecular weight excluding hydrogens is 444 g/mol. The first-order chi connectivity index (χ1) is 14.8. The van der Waals surface area contributed by atoms with Gasteiger partial charge in [0.05, 0.1) is 41.4 Å². The van der Waals surface area contributed by atoms with Crippen molar-refractivity contribution in [1.82, 2.24) is 9.97 Å². The van der Waals surface area contributed by atoms with E-state index in [1.807, 2.05) is 10.2 Å². The molecule has 2 N–H and O–H groups in total. The van der Waals surface area contributed by atoms with Gasteiger partial charge in [0.25, 0.3) is 0 Å². The molecule has 1 saturated heterocycles. The van der Waals surface area contributed by atoms with E-state index < -0.39 is 35.2 Å². The van der Waals surface area contributed by atoms with Gasteiger partial charge >= 0.3 is 18.4 Å². The third-order valence-corrected chi connectivity index (χ3v) is 4.64. The molecule has 174 valence electrons. The number of anilines is 3. The molecule has 1 fully saturated rings. The minimum absolute atomic E-state index is 0.0183. The van der Waals surface area contributed by atoms with Gasteiger partial charge in [0.2, 0.25) is 5.95 Å². The van der Waals surface area contributed by atoms with Gasteiger partial charge in [-0.15, -0.1) is 0 Å². The Balaban J connectivity index is 1.81. The highest BCUT2D eigenvalue weighted by Crippen LogP contribution is 2.37. The first kappa shape index (κ1) is 23.6. The van der Waals surface area contributed by atoms with E-state index in [0.717, 1.165) is 0 Å². The van der Waals surface area contributed by atoms with Crippen molar-refractivity contribution in [2.24, 2.45) is 0 Å². The summed E-state index contributed by atoms with van der Waals surface area (Å²) in [7, 11) is 0. The van der Waals surface area contributed by atoms with Crippen LogP contribution in [0.25, 0.3) is 0 Å². The van der Waals surface area contributed by atoms with Crippen LogP contribution in [0.3, 0.4) is 0 Å². The number of carbonyl (C=O) groups is 1. The Bertz CT molecular complexity index is 947. The number of aromatic nitrogens is 2. The fraction of sp³-hybridized carbons (Fsp3) is 0.421. The predicted octanol–water partition coefficient (Wildman–Crippen LogP) is 4.61. The molecule has 7 nitrogen and oxygen atoms in total. The predicted molar refractivity (Wildman–Crippen MR) is 104 cm³/mol. The summed E-state index contributed by atoms with van der Waals surface area (Å²) in [5, 5.41) is 4.41. The van der Waals surface area contributed by atoms with Gasteiger partial charge in [0.1, 0.15) is 0 Å². The van der Waals surface area contributed by atoms with Crippen LogP contribution in [0.2, 0.25) is 0 Å². The summed E-state index contributed by atoms with van der Waals surface area (Å²) in [6, 6.07) is -0.208. The molecule has 0 unspecified atom stereocenters. The van der Waals surface area contributed by atoms with Crippen LogP contribution in [0.4, 0.5) is 48.5 Å². The van der Waals surface area contributed by atoms with Crippen LogP contribution in [0.15, 0.2) is 18.2 Å². The Hall–Kier alpha value is -3.09. The van der Waals surface area contributed by atoms with Crippen molar-refractivity contribution in [3.8, 4) is 0 Å². The van der Waals surface area contributed by atoms with E-state index in [0.29, 0.717) is 55.8 Å². The molecule has 3 rings (SSSR count). The fourth-order valence-corrected chi connectivity index (χ4v) is 3.09. The smallest absolute Gasteiger partial charge is 0.378 e. The number of benzene rings is 1. The van der Waals surface area contributed by atoms with Crippen molar-refractivity contribution in [2.45, 2.75) is 26.2 Å². The maximum Gasteiger partial charge on any atom is 0.416 e. The lowest BCUT2D eigenvalue weighted by Crippen LogP contribution is -2.37. The SMILES string of the molecule is Cc1nc(N2CCOCC2)nc(C)c1NC(=O)Nc1cc(C(F)(F)F)cc(C(F)(F)F)c1. The second-order valence-electron chi connectivity index (χ2n) is 7.04. The molecule has 2 amide bonds. The van der Waals surface area contributed by atoms with Gasteiger partial charge in [0, 0.05) is 18.8 Å². The van der Waals surface area contributed by atoms with E-state index in [9.17, 15) is 31.1 Å². The van der Waals surface area contributed by atoms with Gasteiger partial charge in [-0.2, -0.15) is 26.3 Å². The average Bonchev–Trinajstić information content (AvgIpc) is 2.69. The number of carbonyl (C=O) groups excluding carboxylic acids is 1. The summed E-state index contributed by atoms with van der Waals surface area (Å²) in [5.74, 6) is 0.432. The third-order valence-electron chi connectivity index (χ3n) is 4.64. The minimum atomic E-state index is -5.02. The molecule has 1 aliphatic heterocycles. The van der Waals surface area contributed by atoms with Gasteiger partial charge < -0.3 is 20.3 Å². The summed E-state index contributed by atoms with van der Waals surface area (Å²) in [6.07, 6.45) is -10.0. The molecule has 1 aliphatic rings. The average molecular weight is 463 g/mol. The Labute approximate surface area is 178 Å². The number of halogens is 6. The Morgan fingerprint density at radius 1 is 0.906 bits per heavy atom. The number of nitrogens with zero attached hydrogens (tertiary/aromatic N) is 3. The minimum Gasteiger partial charge on any atom is -0.378 e. The van der Waals surface area contributed by atoms with Gasteiger partial charge in [-0.25, -0.2) is 14.8 Å². The summed E-state index contributed by atoms with van der Waals surface area (Å²) in [5.41, 5.74) is -2.77. The monoisotopic (exact) mass is 463 g/mol. The Morgan fingerprint density at radius 2 is 1.41 bits per heavy atom. The number of hydrogen-bond donors (Lipinski definition) is 2. The molecule has 0 atom stereocenters. The van der Waals surface area contributed by atoms with Crippen molar-refractivity contribution in [1.29, 1.82) is 0 Å². The standard InChI is InChI=1S/C19H19F6N5O2/c1-10-15(11(2)27-16(26-10)30-3-5-32-6-4-30)29-17(31)28-14-8-12(18(20,21)22)7-13(9-14)19(23,24)25/h7-9H,3-6H2,1-2H3,(H2,28,29,31). The number of nitrogens with one attached hydrogen (secondary N) is 2. The van der Waals surface area contributed by atoms with Crippen molar-refractivity contribution < 1.29 is 35.9 Å². The van der Waals surface area contributed by atoms with Crippen molar-refractivity contribution in [3.05, 3.63) is 40.7 Å². The van der Waals surface area contributed by atoms with Crippen LogP contribution < -0.4 is 15.5 Å². The molecule has 32 heavy (non-hydrogen) atoms. The number of hydrogen-bond acceptors (Lipinski definition) is 5. The molecule has 2 heterocycles. The number of aryl methyl sites for hydroxylation is 2. The molecule has 0 radical (unpaired) electrons. The van der Waals surface area contributed by atoms with Crippen LogP contribution in [0.5, 0.6) is 0 Å². The van der Waals surface area contributed by atoms with Gasteiger partial charge in [-0.05, 0) is 32.0 Å². The molecule has 1 aromatic carbocycles. The van der Waals surface area contributed by atoms with Crippen LogP contribution in [-0.4, -0.2) is 42.3 Å². The number of rotatable bonds is 3. The van der Waals surface area contributed by atoms with Crippen LogP contribution in [0.1, 0.15) is 22.5 Å². The molecule has 0 aliphatic carbocycles. The van der Waals surface area contributed by atoms with E-state index in [1.165, 1.54) is 0 Å². The molecule has 0 spiro atoms. The number of alkyl halides is 6. The van der Waals surface area contributed by atoms with Gasteiger partial charge in [0.15, 0.2) is 0 Å². The second-order valence-corrected chi connectivity index (χ2v) is 7.04. The summed E-state index contributed by atoms with van der Waals surface area (Å²) >= 11 is 0. The zero-order chi connectivity index (χ0) is 23.7. The normalized spacial score (nSPS) is 14.9. The number of ether oxygens (including phenoxy) is 1. The highest BCUT2D eigenvalue weighted by molar-refractivity contribution is 6.00. The maximum absolute atomic E-state index is 13.0. The largest absolute Gasteiger partial charge is 0.416 e. The van der Waals surface area contributed by atoms with Crippen LogP contribution >= 0.6 is 0 Å². The lowest BCUT2D eigenvalue weighted by molar-refractivity contribution is -0.143. The topological polar surface area (TPSA) is 79.4 Å². The fourth-order valence-electron chi connectivity index (χ4n) is 3.09. The maximum atomic E-state index is 13.0. The van der Waals surface area contributed by atoms with E-state index in [1.54, 1.807) is 13.8 Å². The number of amides is 2.